The summed E-state index contributed by atoms with van der Waals surface area (Å²) in [5.41, 5.74) is 1.86. The molecular formula is C20H18ClN3O2. The van der Waals surface area contributed by atoms with Crippen LogP contribution in [0, 0.1) is 5.92 Å². The van der Waals surface area contributed by atoms with Crippen molar-refractivity contribution in [3.63, 3.8) is 0 Å². The largest absolute Gasteiger partial charge is 0.351 e. The number of hydrogen-bond acceptors (Lipinski definition) is 3. The average molecular weight is 368 g/mol. The molecule has 1 fully saturated rings. The second-order valence-corrected chi connectivity index (χ2v) is 7.02. The van der Waals surface area contributed by atoms with E-state index in [0.29, 0.717) is 29.5 Å². The Labute approximate surface area is 156 Å². The lowest BCUT2D eigenvalue weighted by atomic mass is 9.91. The van der Waals surface area contributed by atoms with Gasteiger partial charge in [-0.15, -0.1) is 0 Å². The molecule has 0 spiro atoms. The van der Waals surface area contributed by atoms with Crippen molar-refractivity contribution in [2.45, 2.75) is 12.8 Å². The number of aromatic amines is 1. The summed E-state index contributed by atoms with van der Waals surface area (Å²) in [6, 6.07) is 12.6. The molecule has 2 aromatic heterocycles. The highest BCUT2D eigenvalue weighted by Gasteiger charge is 2.30. The van der Waals surface area contributed by atoms with Gasteiger partial charge in [0.05, 0.1) is 0 Å². The molecule has 1 aliphatic rings. The monoisotopic (exact) mass is 367 g/mol. The van der Waals surface area contributed by atoms with Gasteiger partial charge in [0.25, 0.3) is 5.91 Å². The number of carbonyl (C=O) groups excluding carboxylic acids is 2. The zero-order valence-electron chi connectivity index (χ0n) is 14.1. The van der Waals surface area contributed by atoms with E-state index in [0.717, 1.165) is 23.7 Å². The van der Waals surface area contributed by atoms with Gasteiger partial charge in [0.2, 0.25) is 0 Å². The molecule has 1 N–H and O–H groups in total. The van der Waals surface area contributed by atoms with Crippen molar-refractivity contribution in [1.29, 1.82) is 0 Å². The molecular weight excluding hydrogens is 350 g/mol. The number of hydrogen-bond donors (Lipinski definition) is 1. The number of carbonyl (C=O) groups is 2. The van der Waals surface area contributed by atoms with Crippen molar-refractivity contribution in [2.75, 3.05) is 13.1 Å². The number of fused-ring (bicyclic) bond motifs is 1. The number of nitrogens with one attached hydrogen (secondary N) is 1. The number of piperidine rings is 1. The summed E-state index contributed by atoms with van der Waals surface area (Å²) in [6.07, 6.45) is 3.21. The first kappa shape index (κ1) is 16.8. The Balaban J connectivity index is 1.53. The van der Waals surface area contributed by atoms with Gasteiger partial charge in [0.1, 0.15) is 11.4 Å². The summed E-state index contributed by atoms with van der Waals surface area (Å²) < 4.78 is 0. The molecule has 0 radical (unpaired) electrons. The average Bonchev–Trinajstić information content (AvgIpc) is 3.10. The van der Waals surface area contributed by atoms with Gasteiger partial charge >= 0.3 is 0 Å². The number of benzene rings is 1. The first-order valence-electron chi connectivity index (χ1n) is 8.64. The molecule has 1 amide bonds. The third kappa shape index (κ3) is 3.22. The fourth-order valence-electron chi connectivity index (χ4n) is 3.48. The molecule has 6 heteroatoms. The number of ketones is 1. The fraction of sp³-hybridized carbons (Fsp3) is 0.250. The Morgan fingerprint density at radius 3 is 2.88 bits per heavy atom. The first-order chi connectivity index (χ1) is 12.6. The summed E-state index contributed by atoms with van der Waals surface area (Å²) in [6.45, 7) is 1.07. The van der Waals surface area contributed by atoms with Crippen LogP contribution >= 0.6 is 11.6 Å². The van der Waals surface area contributed by atoms with Gasteiger partial charge in [0, 0.05) is 41.1 Å². The third-order valence-electron chi connectivity index (χ3n) is 4.81. The van der Waals surface area contributed by atoms with E-state index in [-0.39, 0.29) is 17.6 Å². The summed E-state index contributed by atoms with van der Waals surface area (Å²) in [7, 11) is 0. The minimum absolute atomic E-state index is 0.00605. The van der Waals surface area contributed by atoms with Crippen molar-refractivity contribution in [3.8, 4) is 0 Å². The molecule has 1 atom stereocenters. The van der Waals surface area contributed by atoms with E-state index in [1.54, 1.807) is 29.3 Å². The van der Waals surface area contributed by atoms with Crippen LogP contribution in [0.25, 0.3) is 10.9 Å². The Morgan fingerprint density at radius 1 is 1.19 bits per heavy atom. The molecule has 0 unspecified atom stereocenters. The number of likely N-dealkylation sites (tertiary alicyclic amines) is 1. The summed E-state index contributed by atoms with van der Waals surface area (Å²) in [4.78, 5) is 34.6. The summed E-state index contributed by atoms with van der Waals surface area (Å²) >= 11 is 6.02. The van der Waals surface area contributed by atoms with E-state index in [1.807, 2.05) is 24.3 Å². The topological polar surface area (TPSA) is 66.1 Å². The highest BCUT2D eigenvalue weighted by Crippen LogP contribution is 2.24. The Hall–Kier alpha value is -2.66. The normalized spacial score (nSPS) is 17.4. The number of rotatable bonds is 3. The molecule has 0 bridgehead atoms. The lowest BCUT2D eigenvalue weighted by Crippen LogP contribution is -2.42. The highest BCUT2D eigenvalue weighted by molar-refractivity contribution is 6.31. The minimum atomic E-state index is -0.207. The lowest BCUT2D eigenvalue weighted by molar-refractivity contribution is 0.0631. The van der Waals surface area contributed by atoms with Gasteiger partial charge < -0.3 is 9.88 Å². The molecule has 3 aromatic rings. The Bertz CT molecular complexity index is 968. The standard InChI is InChI=1S/C20H18ClN3O2/c21-15-6-7-16-14(10-15)11-18(23-16)20(26)24-9-3-4-13(12-24)19(25)17-5-1-2-8-22-17/h1-2,5-8,10-11,13,23H,3-4,9,12H2/t13-/m1/s1. The lowest BCUT2D eigenvalue weighted by Gasteiger charge is -2.31. The molecule has 3 heterocycles. The molecule has 0 saturated carbocycles. The van der Waals surface area contributed by atoms with E-state index in [9.17, 15) is 9.59 Å². The van der Waals surface area contributed by atoms with Crippen LogP contribution in [0.5, 0.6) is 0 Å². The smallest absolute Gasteiger partial charge is 0.270 e. The SMILES string of the molecule is O=C(c1ccccn1)[C@@H]1CCCN(C(=O)c2cc3cc(Cl)ccc3[nH]2)C1. The van der Waals surface area contributed by atoms with Crippen molar-refractivity contribution in [1.82, 2.24) is 14.9 Å². The Kier molecular flexibility index (Phi) is 4.47. The molecule has 5 nitrogen and oxygen atoms in total. The zero-order chi connectivity index (χ0) is 18.1. The van der Waals surface area contributed by atoms with Crippen molar-refractivity contribution >= 4 is 34.2 Å². The van der Waals surface area contributed by atoms with Gasteiger partial charge in [-0.25, -0.2) is 0 Å². The quantitative estimate of drug-likeness (QED) is 0.713. The molecule has 1 aliphatic heterocycles. The maximum absolute atomic E-state index is 12.9. The van der Waals surface area contributed by atoms with E-state index < -0.39 is 0 Å². The maximum Gasteiger partial charge on any atom is 0.270 e. The predicted molar refractivity (Wildman–Crippen MR) is 101 cm³/mol. The number of H-pyrrole nitrogens is 1. The van der Waals surface area contributed by atoms with Crippen LogP contribution in [0.3, 0.4) is 0 Å². The van der Waals surface area contributed by atoms with Crippen LogP contribution in [0.15, 0.2) is 48.7 Å². The number of pyridine rings is 1. The number of halogens is 1. The zero-order valence-corrected chi connectivity index (χ0v) is 14.9. The van der Waals surface area contributed by atoms with E-state index in [1.165, 1.54) is 0 Å². The van der Waals surface area contributed by atoms with Gasteiger partial charge in [-0.2, -0.15) is 0 Å². The molecule has 132 valence electrons. The third-order valence-corrected chi connectivity index (χ3v) is 5.05. The van der Waals surface area contributed by atoms with E-state index in [2.05, 4.69) is 9.97 Å². The van der Waals surface area contributed by atoms with Gasteiger partial charge in [-0.3, -0.25) is 14.6 Å². The van der Waals surface area contributed by atoms with Crippen LogP contribution in [0.2, 0.25) is 5.02 Å². The molecule has 4 rings (SSSR count). The fourth-order valence-corrected chi connectivity index (χ4v) is 3.66. The van der Waals surface area contributed by atoms with Gasteiger partial charge in [-0.05, 0) is 49.2 Å². The second-order valence-electron chi connectivity index (χ2n) is 6.58. The number of amides is 1. The van der Waals surface area contributed by atoms with E-state index in [4.69, 9.17) is 11.6 Å². The molecule has 26 heavy (non-hydrogen) atoms. The number of nitrogens with zero attached hydrogens (tertiary/aromatic N) is 2. The van der Waals surface area contributed by atoms with Gasteiger partial charge in [-0.1, -0.05) is 17.7 Å². The summed E-state index contributed by atoms with van der Waals surface area (Å²) in [5.74, 6) is -0.288. The van der Waals surface area contributed by atoms with Crippen molar-refractivity contribution in [2.24, 2.45) is 5.92 Å². The highest BCUT2D eigenvalue weighted by atomic mass is 35.5. The van der Waals surface area contributed by atoms with Crippen LogP contribution in [-0.2, 0) is 0 Å². The first-order valence-corrected chi connectivity index (χ1v) is 9.02. The molecule has 1 aromatic carbocycles. The minimum Gasteiger partial charge on any atom is -0.351 e. The van der Waals surface area contributed by atoms with Gasteiger partial charge in [0.15, 0.2) is 5.78 Å². The van der Waals surface area contributed by atoms with E-state index >= 15 is 0 Å². The van der Waals surface area contributed by atoms with Crippen molar-refractivity contribution < 1.29 is 9.59 Å². The second kappa shape index (κ2) is 6.92. The van der Waals surface area contributed by atoms with Crippen LogP contribution < -0.4 is 0 Å². The number of Topliss-reactive ketones (excluding diaryl/α,β-unsaturated/α-hetero) is 1. The van der Waals surface area contributed by atoms with Crippen LogP contribution in [-0.4, -0.2) is 39.6 Å². The van der Waals surface area contributed by atoms with Crippen LogP contribution in [0.1, 0.15) is 33.8 Å². The van der Waals surface area contributed by atoms with Crippen molar-refractivity contribution in [3.05, 3.63) is 65.1 Å². The maximum atomic E-state index is 12.9. The molecule has 1 saturated heterocycles. The summed E-state index contributed by atoms with van der Waals surface area (Å²) in [5, 5.41) is 1.54. The Morgan fingerprint density at radius 2 is 2.08 bits per heavy atom. The molecule has 0 aliphatic carbocycles. The predicted octanol–water partition coefficient (Wildman–Crippen LogP) is 3.95. The number of aromatic nitrogens is 2. The van der Waals surface area contributed by atoms with Crippen LogP contribution in [0.4, 0.5) is 0 Å².